The van der Waals surface area contributed by atoms with Crippen LogP contribution >= 0.6 is 0 Å². The Morgan fingerprint density at radius 3 is 2.94 bits per heavy atom. The zero-order valence-electron chi connectivity index (χ0n) is 11.0. The lowest BCUT2D eigenvalue weighted by atomic mass is 10.1. The average Bonchev–Trinajstić information content (AvgIpc) is 2.81. The van der Waals surface area contributed by atoms with Gasteiger partial charge < -0.3 is 15.4 Å². The van der Waals surface area contributed by atoms with Crippen LogP contribution in [-0.2, 0) is 6.42 Å². The van der Waals surface area contributed by atoms with Crippen LogP contribution in [0.2, 0.25) is 0 Å². The third-order valence-electron chi connectivity index (χ3n) is 3.19. The van der Waals surface area contributed by atoms with Gasteiger partial charge in [0.15, 0.2) is 0 Å². The Kier molecular flexibility index (Phi) is 3.87. The van der Waals surface area contributed by atoms with Crippen LogP contribution in [0.25, 0.3) is 0 Å². The van der Waals surface area contributed by atoms with Gasteiger partial charge in [-0.25, -0.2) is 0 Å². The Balaban J connectivity index is 2.22. The molecule has 0 saturated carbocycles. The van der Waals surface area contributed by atoms with E-state index in [1.165, 1.54) is 0 Å². The molecule has 4 heteroatoms. The Labute approximate surface area is 108 Å². The smallest absolute Gasteiger partial charge is 0.254 e. The van der Waals surface area contributed by atoms with Crippen LogP contribution in [0, 0.1) is 0 Å². The number of ether oxygens (including phenoxy) is 1. The first-order valence-electron chi connectivity index (χ1n) is 6.40. The average molecular weight is 248 g/mol. The number of rotatable bonds is 4. The van der Waals surface area contributed by atoms with Crippen molar-refractivity contribution < 1.29 is 9.53 Å². The van der Waals surface area contributed by atoms with Gasteiger partial charge in [-0.15, -0.1) is 0 Å². The van der Waals surface area contributed by atoms with E-state index in [1.807, 2.05) is 32.0 Å². The topological polar surface area (TPSA) is 55.6 Å². The highest BCUT2D eigenvalue weighted by molar-refractivity contribution is 5.94. The number of hydrogen-bond acceptors (Lipinski definition) is 3. The molecule has 0 bridgehead atoms. The Morgan fingerprint density at radius 1 is 1.50 bits per heavy atom. The highest BCUT2D eigenvalue weighted by Crippen LogP contribution is 2.26. The molecule has 1 aliphatic heterocycles. The van der Waals surface area contributed by atoms with E-state index in [9.17, 15) is 4.79 Å². The van der Waals surface area contributed by atoms with E-state index >= 15 is 0 Å². The molecule has 2 N–H and O–H groups in total. The summed E-state index contributed by atoms with van der Waals surface area (Å²) in [6, 6.07) is 5.82. The van der Waals surface area contributed by atoms with Crippen molar-refractivity contribution in [1.82, 2.24) is 4.90 Å². The number of carbonyl (C=O) groups is 1. The van der Waals surface area contributed by atoms with Crippen LogP contribution in [0.1, 0.15) is 29.8 Å². The van der Waals surface area contributed by atoms with Crippen molar-refractivity contribution in [1.29, 1.82) is 0 Å². The molecule has 1 heterocycles. The summed E-state index contributed by atoms with van der Waals surface area (Å²) in [7, 11) is 0. The second-order valence-corrected chi connectivity index (χ2v) is 4.80. The summed E-state index contributed by atoms with van der Waals surface area (Å²) in [5, 5.41) is 0. The quantitative estimate of drug-likeness (QED) is 0.877. The molecule has 1 aromatic carbocycles. The Bertz CT molecular complexity index is 443. The van der Waals surface area contributed by atoms with Gasteiger partial charge in [0.1, 0.15) is 5.75 Å². The maximum atomic E-state index is 12.4. The fraction of sp³-hybridized carbons (Fsp3) is 0.500. The zero-order valence-corrected chi connectivity index (χ0v) is 11.0. The van der Waals surface area contributed by atoms with E-state index in [1.54, 1.807) is 4.90 Å². The lowest BCUT2D eigenvalue weighted by Crippen LogP contribution is -2.40. The van der Waals surface area contributed by atoms with Crippen molar-refractivity contribution in [3.8, 4) is 5.75 Å². The molecule has 1 amide bonds. The third-order valence-corrected chi connectivity index (χ3v) is 3.19. The molecule has 0 fully saturated rings. The highest BCUT2D eigenvalue weighted by Gasteiger charge is 2.20. The van der Waals surface area contributed by atoms with Crippen molar-refractivity contribution in [2.45, 2.75) is 26.3 Å². The van der Waals surface area contributed by atoms with Crippen LogP contribution in [0.15, 0.2) is 18.2 Å². The third kappa shape index (κ3) is 2.48. The SMILES string of the molecule is CC(C)N(CCN)C(=O)c1ccc2c(c1)CCO2. The van der Waals surface area contributed by atoms with E-state index in [4.69, 9.17) is 10.5 Å². The number of hydrogen-bond donors (Lipinski definition) is 1. The second kappa shape index (κ2) is 5.40. The van der Waals surface area contributed by atoms with Crippen LogP contribution in [0.4, 0.5) is 0 Å². The second-order valence-electron chi connectivity index (χ2n) is 4.80. The van der Waals surface area contributed by atoms with Gasteiger partial charge in [-0.3, -0.25) is 4.79 Å². The Hall–Kier alpha value is -1.55. The molecule has 1 aromatic rings. The van der Waals surface area contributed by atoms with Gasteiger partial charge in [-0.05, 0) is 37.6 Å². The zero-order chi connectivity index (χ0) is 13.1. The van der Waals surface area contributed by atoms with Gasteiger partial charge in [0.25, 0.3) is 5.91 Å². The number of carbonyl (C=O) groups excluding carboxylic acids is 1. The molecule has 18 heavy (non-hydrogen) atoms. The molecular formula is C14H20N2O2. The van der Waals surface area contributed by atoms with Gasteiger partial charge >= 0.3 is 0 Å². The molecule has 0 radical (unpaired) electrons. The Morgan fingerprint density at radius 2 is 2.28 bits per heavy atom. The van der Waals surface area contributed by atoms with Gasteiger partial charge in [0.2, 0.25) is 0 Å². The standard InChI is InChI=1S/C14H20N2O2/c1-10(2)16(7-6-15)14(17)12-3-4-13-11(9-12)5-8-18-13/h3-4,9-10H,5-8,15H2,1-2H3. The van der Waals surface area contributed by atoms with Crippen molar-refractivity contribution in [2.75, 3.05) is 19.7 Å². The van der Waals surface area contributed by atoms with Gasteiger partial charge in [0, 0.05) is 31.1 Å². The summed E-state index contributed by atoms with van der Waals surface area (Å²) in [5.74, 6) is 0.951. The minimum atomic E-state index is 0.0464. The first kappa shape index (κ1) is 12.9. The minimum Gasteiger partial charge on any atom is -0.493 e. The van der Waals surface area contributed by atoms with Crippen LogP contribution in [-0.4, -0.2) is 36.5 Å². The number of fused-ring (bicyclic) bond motifs is 1. The van der Waals surface area contributed by atoms with Crippen LogP contribution in [0.5, 0.6) is 5.75 Å². The molecule has 2 rings (SSSR count). The molecule has 0 aromatic heterocycles. The fourth-order valence-electron chi connectivity index (χ4n) is 2.22. The van der Waals surface area contributed by atoms with Crippen molar-refractivity contribution in [2.24, 2.45) is 5.73 Å². The predicted molar refractivity (Wildman–Crippen MR) is 70.9 cm³/mol. The first-order chi connectivity index (χ1) is 8.63. The van der Waals surface area contributed by atoms with E-state index < -0.39 is 0 Å². The lowest BCUT2D eigenvalue weighted by Gasteiger charge is -2.26. The maximum Gasteiger partial charge on any atom is 0.254 e. The summed E-state index contributed by atoms with van der Waals surface area (Å²) in [5.41, 5.74) is 7.41. The van der Waals surface area contributed by atoms with Gasteiger partial charge in [0.05, 0.1) is 6.61 Å². The largest absolute Gasteiger partial charge is 0.493 e. The van der Waals surface area contributed by atoms with E-state index in [0.29, 0.717) is 19.7 Å². The summed E-state index contributed by atoms with van der Waals surface area (Å²) < 4.78 is 5.44. The summed E-state index contributed by atoms with van der Waals surface area (Å²) in [6.07, 6.45) is 0.884. The normalized spacial score (nSPS) is 13.3. The number of nitrogens with zero attached hydrogens (tertiary/aromatic N) is 1. The van der Waals surface area contributed by atoms with E-state index in [2.05, 4.69) is 0 Å². The maximum absolute atomic E-state index is 12.4. The molecule has 1 aliphatic rings. The fourth-order valence-corrected chi connectivity index (χ4v) is 2.22. The number of nitrogens with two attached hydrogens (primary N) is 1. The molecule has 98 valence electrons. The van der Waals surface area contributed by atoms with Gasteiger partial charge in [-0.1, -0.05) is 0 Å². The summed E-state index contributed by atoms with van der Waals surface area (Å²) in [6.45, 7) is 5.79. The molecule has 0 atom stereocenters. The summed E-state index contributed by atoms with van der Waals surface area (Å²) >= 11 is 0. The molecular weight excluding hydrogens is 228 g/mol. The van der Waals surface area contributed by atoms with E-state index in [0.717, 1.165) is 23.3 Å². The summed E-state index contributed by atoms with van der Waals surface area (Å²) in [4.78, 5) is 14.2. The molecule has 0 unspecified atom stereocenters. The number of amides is 1. The molecule has 0 spiro atoms. The molecule has 4 nitrogen and oxygen atoms in total. The van der Waals surface area contributed by atoms with Gasteiger partial charge in [-0.2, -0.15) is 0 Å². The monoisotopic (exact) mass is 248 g/mol. The van der Waals surface area contributed by atoms with Crippen LogP contribution < -0.4 is 10.5 Å². The van der Waals surface area contributed by atoms with Crippen molar-refractivity contribution in [3.05, 3.63) is 29.3 Å². The number of benzene rings is 1. The van der Waals surface area contributed by atoms with E-state index in [-0.39, 0.29) is 11.9 Å². The van der Waals surface area contributed by atoms with Crippen LogP contribution in [0.3, 0.4) is 0 Å². The minimum absolute atomic E-state index is 0.0464. The first-order valence-corrected chi connectivity index (χ1v) is 6.40. The highest BCUT2D eigenvalue weighted by atomic mass is 16.5. The van der Waals surface area contributed by atoms with Crippen molar-refractivity contribution >= 4 is 5.91 Å². The molecule has 0 saturated heterocycles. The predicted octanol–water partition coefficient (Wildman–Crippen LogP) is 1.43. The molecule has 0 aliphatic carbocycles. The van der Waals surface area contributed by atoms with Crippen molar-refractivity contribution in [3.63, 3.8) is 0 Å². The lowest BCUT2D eigenvalue weighted by molar-refractivity contribution is 0.0712.